The lowest BCUT2D eigenvalue weighted by atomic mass is 9.85. The van der Waals surface area contributed by atoms with Crippen molar-refractivity contribution in [3.63, 3.8) is 0 Å². The minimum absolute atomic E-state index is 0.0265. The van der Waals surface area contributed by atoms with E-state index in [0.717, 1.165) is 0 Å². The van der Waals surface area contributed by atoms with Gasteiger partial charge in [0.05, 0.1) is 33.8 Å². The number of fused-ring (bicyclic) bond motifs is 2. The maximum atomic E-state index is 14.8. The van der Waals surface area contributed by atoms with Crippen LogP contribution in [0.1, 0.15) is 48.7 Å². The molecule has 210 valence electrons. The van der Waals surface area contributed by atoms with Crippen LogP contribution in [0.3, 0.4) is 0 Å². The normalized spacial score (nSPS) is 20.6. The van der Waals surface area contributed by atoms with Crippen molar-refractivity contribution in [2.24, 2.45) is 5.41 Å². The van der Waals surface area contributed by atoms with Gasteiger partial charge in [0.1, 0.15) is 5.82 Å². The molecular formula is C30H31ClFN3O4S. The van der Waals surface area contributed by atoms with Crippen molar-refractivity contribution in [3.8, 4) is 0 Å². The first-order valence-corrected chi connectivity index (χ1v) is 14.6. The first-order chi connectivity index (χ1) is 19.0. The van der Waals surface area contributed by atoms with Crippen molar-refractivity contribution in [1.29, 1.82) is 0 Å². The van der Waals surface area contributed by atoms with E-state index in [4.69, 9.17) is 11.6 Å². The summed E-state index contributed by atoms with van der Waals surface area (Å²) in [6, 6.07) is 17.5. The SMILES string of the molecule is CC1(C)C/C=C/CN(c2ccccc2)S(=O)(=O)c2ccc(Cl)c(c2)C(=O)NC(c2ccccc2F)CNC(=O)C1. The van der Waals surface area contributed by atoms with Crippen LogP contribution in [0, 0.1) is 11.2 Å². The predicted octanol–water partition coefficient (Wildman–Crippen LogP) is 5.64. The summed E-state index contributed by atoms with van der Waals surface area (Å²) in [7, 11) is -4.12. The van der Waals surface area contributed by atoms with E-state index in [-0.39, 0.29) is 46.5 Å². The third-order valence-electron chi connectivity index (χ3n) is 6.65. The largest absolute Gasteiger partial charge is 0.354 e. The summed E-state index contributed by atoms with van der Waals surface area (Å²) in [5.74, 6) is -1.52. The smallest absolute Gasteiger partial charge is 0.264 e. The van der Waals surface area contributed by atoms with E-state index in [9.17, 15) is 22.4 Å². The molecule has 0 saturated heterocycles. The molecule has 0 fully saturated rings. The number of nitrogens with zero attached hydrogens (tertiary/aromatic N) is 1. The molecule has 2 bridgehead atoms. The minimum atomic E-state index is -4.12. The number of rotatable bonds is 2. The molecule has 1 aliphatic heterocycles. The van der Waals surface area contributed by atoms with Gasteiger partial charge in [-0.1, -0.05) is 74.0 Å². The molecule has 1 unspecified atom stereocenters. The molecular weight excluding hydrogens is 553 g/mol. The Kier molecular flexibility index (Phi) is 8.95. The quantitative estimate of drug-likeness (QED) is 0.382. The number of amides is 2. The van der Waals surface area contributed by atoms with Gasteiger partial charge in [-0.3, -0.25) is 13.9 Å². The van der Waals surface area contributed by atoms with Crippen molar-refractivity contribution in [2.45, 2.75) is 37.6 Å². The number of anilines is 1. The van der Waals surface area contributed by atoms with Gasteiger partial charge in [0.2, 0.25) is 5.91 Å². The van der Waals surface area contributed by atoms with Crippen molar-refractivity contribution in [2.75, 3.05) is 17.4 Å². The Morgan fingerprint density at radius 2 is 1.68 bits per heavy atom. The lowest BCUT2D eigenvalue weighted by Crippen LogP contribution is -2.39. The topological polar surface area (TPSA) is 95.6 Å². The van der Waals surface area contributed by atoms with Crippen LogP contribution in [-0.4, -0.2) is 33.3 Å². The zero-order valence-electron chi connectivity index (χ0n) is 22.2. The standard InChI is InChI=1S/C30H31ClFN3O4S/c1-30(2)16-8-9-17-35(21-10-4-3-5-11-21)40(38,39)22-14-15-25(31)24(18-22)29(37)34-27(20-33-28(36)19-30)23-12-6-7-13-26(23)32/h3-15,18,27H,16-17,19-20H2,1-2H3,(H,33,36)(H,34,37)/b9-8+. The molecule has 4 rings (SSSR count). The fourth-order valence-electron chi connectivity index (χ4n) is 4.49. The average molecular weight is 584 g/mol. The molecule has 0 aromatic heterocycles. The molecule has 0 radical (unpaired) electrons. The third-order valence-corrected chi connectivity index (χ3v) is 8.77. The maximum absolute atomic E-state index is 14.8. The van der Waals surface area contributed by atoms with Crippen molar-refractivity contribution < 1.29 is 22.4 Å². The van der Waals surface area contributed by atoms with Crippen molar-refractivity contribution in [1.82, 2.24) is 10.6 Å². The highest BCUT2D eigenvalue weighted by molar-refractivity contribution is 7.92. The Bertz CT molecular complexity index is 1530. The minimum Gasteiger partial charge on any atom is -0.354 e. The average Bonchev–Trinajstić information content (AvgIpc) is 2.91. The number of hydrogen-bond donors (Lipinski definition) is 2. The number of halogens is 2. The summed E-state index contributed by atoms with van der Waals surface area (Å²) in [6.45, 7) is 3.82. The van der Waals surface area contributed by atoms with Gasteiger partial charge in [0.15, 0.2) is 0 Å². The summed E-state index contributed by atoms with van der Waals surface area (Å²) in [5.41, 5.74) is 0.0853. The molecule has 1 heterocycles. The number of carbonyl (C=O) groups is 2. The van der Waals surface area contributed by atoms with Gasteiger partial charge >= 0.3 is 0 Å². The lowest BCUT2D eigenvalue weighted by Gasteiger charge is -2.24. The summed E-state index contributed by atoms with van der Waals surface area (Å²) < 4.78 is 43.8. The number of allylic oxidation sites excluding steroid dienone is 1. The Morgan fingerprint density at radius 1 is 0.975 bits per heavy atom. The molecule has 3 aromatic rings. The van der Waals surface area contributed by atoms with E-state index < -0.39 is 33.2 Å². The Hall–Kier alpha value is -3.69. The van der Waals surface area contributed by atoms with Gasteiger partial charge in [0, 0.05) is 18.5 Å². The molecule has 7 nitrogen and oxygen atoms in total. The predicted molar refractivity (Wildman–Crippen MR) is 154 cm³/mol. The van der Waals surface area contributed by atoms with Gasteiger partial charge in [-0.2, -0.15) is 0 Å². The third kappa shape index (κ3) is 6.89. The molecule has 2 N–H and O–H groups in total. The van der Waals surface area contributed by atoms with Gasteiger partial charge in [-0.15, -0.1) is 0 Å². The van der Waals surface area contributed by atoms with Gasteiger partial charge < -0.3 is 10.6 Å². The number of sulfonamides is 1. The first kappa shape index (κ1) is 29.3. The molecule has 10 heteroatoms. The van der Waals surface area contributed by atoms with E-state index in [1.807, 2.05) is 19.9 Å². The summed E-state index contributed by atoms with van der Waals surface area (Å²) in [4.78, 5) is 26.2. The summed E-state index contributed by atoms with van der Waals surface area (Å²) in [6.07, 6.45) is 4.29. The molecule has 3 aromatic carbocycles. The zero-order chi connectivity index (χ0) is 28.9. The zero-order valence-corrected chi connectivity index (χ0v) is 23.8. The molecule has 1 aliphatic rings. The van der Waals surface area contributed by atoms with Crippen LogP contribution >= 0.6 is 11.6 Å². The molecule has 40 heavy (non-hydrogen) atoms. The van der Waals surface area contributed by atoms with E-state index >= 15 is 0 Å². The maximum Gasteiger partial charge on any atom is 0.264 e. The van der Waals surface area contributed by atoms with Gasteiger partial charge in [0.25, 0.3) is 15.9 Å². The van der Waals surface area contributed by atoms with Crippen LogP contribution in [0.4, 0.5) is 10.1 Å². The van der Waals surface area contributed by atoms with Crippen LogP contribution in [0.15, 0.2) is 89.8 Å². The van der Waals surface area contributed by atoms with E-state index in [0.29, 0.717) is 12.1 Å². The number of nitrogens with one attached hydrogen (secondary N) is 2. The molecule has 0 saturated carbocycles. The van der Waals surface area contributed by atoms with E-state index in [1.54, 1.807) is 42.5 Å². The molecule has 2 amide bonds. The molecule has 1 atom stereocenters. The van der Waals surface area contributed by atoms with E-state index in [1.165, 1.54) is 40.7 Å². The van der Waals surface area contributed by atoms with E-state index in [2.05, 4.69) is 10.6 Å². The highest BCUT2D eigenvalue weighted by Crippen LogP contribution is 2.29. The van der Waals surface area contributed by atoms with Crippen molar-refractivity contribution >= 4 is 39.1 Å². The Morgan fingerprint density at radius 3 is 2.40 bits per heavy atom. The number of benzene rings is 3. The number of para-hydroxylation sites is 1. The second-order valence-electron chi connectivity index (χ2n) is 10.4. The number of carbonyl (C=O) groups excluding carboxylic acids is 2. The summed E-state index contributed by atoms with van der Waals surface area (Å²) >= 11 is 6.35. The van der Waals surface area contributed by atoms with Gasteiger partial charge in [-0.25, -0.2) is 12.8 Å². The molecule has 0 aliphatic carbocycles. The summed E-state index contributed by atoms with van der Waals surface area (Å²) in [5, 5.41) is 5.57. The lowest BCUT2D eigenvalue weighted by molar-refractivity contribution is -0.123. The first-order valence-electron chi connectivity index (χ1n) is 12.8. The monoisotopic (exact) mass is 583 g/mol. The van der Waals surface area contributed by atoms with Crippen LogP contribution in [0.25, 0.3) is 0 Å². The highest BCUT2D eigenvalue weighted by atomic mass is 35.5. The second-order valence-corrected chi connectivity index (χ2v) is 12.7. The fraction of sp³-hybridized carbons (Fsp3) is 0.267. The van der Waals surface area contributed by atoms with Crippen LogP contribution in [0.2, 0.25) is 5.02 Å². The highest BCUT2D eigenvalue weighted by Gasteiger charge is 2.28. The number of hydrogen-bond acceptors (Lipinski definition) is 4. The Labute approximate surface area is 239 Å². The van der Waals surface area contributed by atoms with Crippen molar-refractivity contribution in [3.05, 3.63) is 107 Å². The molecule has 0 spiro atoms. The van der Waals surface area contributed by atoms with Crippen LogP contribution in [-0.2, 0) is 14.8 Å². The Balaban J connectivity index is 1.81. The van der Waals surface area contributed by atoms with Crippen LogP contribution < -0.4 is 14.9 Å². The second kappa shape index (κ2) is 12.2. The fourth-order valence-corrected chi connectivity index (χ4v) is 6.14. The van der Waals surface area contributed by atoms with Crippen LogP contribution in [0.5, 0.6) is 0 Å². The van der Waals surface area contributed by atoms with Gasteiger partial charge in [-0.05, 0) is 48.2 Å².